The summed E-state index contributed by atoms with van der Waals surface area (Å²) in [5.41, 5.74) is 0.530. The molecule has 0 aliphatic carbocycles. The van der Waals surface area contributed by atoms with Crippen molar-refractivity contribution >= 4 is 0 Å². The first kappa shape index (κ1) is 18.0. The number of hydrogen-bond acceptors (Lipinski definition) is 0. The topological polar surface area (TPSA) is 0 Å². The molecule has 0 aromatic carbocycles. The minimum absolute atomic E-state index is 0.530. The molecule has 0 rings (SSSR count). The zero-order valence-electron chi connectivity index (χ0n) is 13.4. The first-order valence-corrected chi connectivity index (χ1v) is 8.41. The number of rotatable bonds is 13. The van der Waals surface area contributed by atoms with Crippen LogP contribution in [0.2, 0.25) is 0 Å². The second kappa shape index (κ2) is 12.1. The van der Waals surface area contributed by atoms with E-state index < -0.39 is 0 Å². The molecule has 0 unspecified atom stereocenters. The highest BCUT2D eigenvalue weighted by Gasteiger charge is 2.15. The molecule has 0 aromatic rings. The maximum Gasteiger partial charge on any atom is -0.0354 e. The quantitative estimate of drug-likeness (QED) is 0.312. The second-order valence-corrected chi connectivity index (χ2v) is 6.70. The van der Waals surface area contributed by atoms with Crippen LogP contribution in [0.15, 0.2) is 0 Å². The monoisotopic (exact) mass is 253 g/mol. The van der Waals surface area contributed by atoms with Gasteiger partial charge in [0.15, 0.2) is 0 Å². The molecule has 0 atom stereocenters. The van der Waals surface area contributed by atoms with Gasteiger partial charge in [-0.25, -0.2) is 0 Å². The van der Waals surface area contributed by atoms with Gasteiger partial charge in [0.25, 0.3) is 0 Å². The molecule has 0 bridgehead atoms. The van der Waals surface area contributed by atoms with Crippen LogP contribution in [-0.4, -0.2) is 0 Å². The van der Waals surface area contributed by atoms with Gasteiger partial charge in [0.1, 0.15) is 0 Å². The summed E-state index contributed by atoms with van der Waals surface area (Å²) in [7, 11) is 0. The van der Waals surface area contributed by atoms with Gasteiger partial charge in [-0.1, -0.05) is 98.3 Å². The van der Waals surface area contributed by atoms with E-state index in [1.165, 1.54) is 77.0 Å². The lowest BCUT2D eigenvalue weighted by Gasteiger charge is -2.23. The summed E-state index contributed by atoms with van der Waals surface area (Å²) in [6.07, 6.45) is 18.2. The van der Waals surface area contributed by atoms with Crippen LogP contribution >= 0.6 is 0 Å². The lowest BCUT2D eigenvalue weighted by atomic mass is 9.83. The molecule has 0 amide bonds. The van der Waals surface area contributed by atoms with E-state index in [1.54, 1.807) is 0 Å². The maximum absolute atomic E-state index is 3.97. The molecular weight excluding hydrogens is 216 g/mol. The van der Waals surface area contributed by atoms with Crippen molar-refractivity contribution in [3.05, 3.63) is 6.92 Å². The molecule has 0 spiro atoms. The summed E-state index contributed by atoms with van der Waals surface area (Å²) < 4.78 is 0. The summed E-state index contributed by atoms with van der Waals surface area (Å²) in [5, 5.41) is 0. The fraction of sp³-hybridized carbons (Fsp3) is 0.944. The van der Waals surface area contributed by atoms with Crippen LogP contribution in [0.1, 0.15) is 104 Å². The van der Waals surface area contributed by atoms with Crippen molar-refractivity contribution in [3.8, 4) is 0 Å². The lowest BCUT2D eigenvalue weighted by molar-refractivity contribution is 0.296. The van der Waals surface area contributed by atoms with Crippen LogP contribution in [0.25, 0.3) is 0 Å². The summed E-state index contributed by atoms with van der Waals surface area (Å²) >= 11 is 0. The molecule has 1 radical (unpaired) electrons. The van der Waals surface area contributed by atoms with Crippen LogP contribution in [0.4, 0.5) is 0 Å². The summed E-state index contributed by atoms with van der Waals surface area (Å²) in [6, 6.07) is 0. The van der Waals surface area contributed by atoms with Crippen molar-refractivity contribution < 1.29 is 0 Å². The average molecular weight is 253 g/mol. The molecule has 0 saturated carbocycles. The van der Waals surface area contributed by atoms with Gasteiger partial charge < -0.3 is 0 Å². The van der Waals surface area contributed by atoms with Crippen molar-refractivity contribution in [2.75, 3.05) is 0 Å². The second-order valence-electron chi connectivity index (χ2n) is 6.70. The van der Waals surface area contributed by atoms with Gasteiger partial charge in [0.2, 0.25) is 0 Å². The van der Waals surface area contributed by atoms with Gasteiger partial charge in [0, 0.05) is 0 Å². The van der Waals surface area contributed by atoms with Crippen LogP contribution in [0, 0.1) is 12.3 Å². The van der Waals surface area contributed by atoms with Crippen molar-refractivity contribution in [1.82, 2.24) is 0 Å². The largest absolute Gasteiger partial charge is 0.0654 e. The zero-order chi connectivity index (χ0) is 13.7. The molecule has 0 heterocycles. The van der Waals surface area contributed by atoms with E-state index in [-0.39, 0.29) is 0 Å². The highest BCUT2D eigenvalue weighted by Crippen LogP contribution is 2.29. The minimum atomic E-state index is 0.530. The zero-order valence-corrected chi connectivity index (χ0v) is 13.4. The Kier molecular flexibility index (Phi) is 12.1. The van der Waals surface area contributed by atoms with E-state index in [0.29, 0.717) is 5.41 Å². The highest BCUT2D eigenvalue weighted by molar-refractivity contribution is 4.69. The Morgan fingerprint density at radius 3 is 1.56 bits per heavy atom. The third-order valence-corrected chi connectivity index (χ3v) is 4.06. The normalized spacial score (nSPS) is 12.0. The maximum atomic E-state index is 3.97. The van der Waals surface area contributed by atoms with E-state index in [2.05, 4.69) is 27.7 Å². The Hall–Kier alpha value is 0. The van der Waals surface area contributed by atoms with Gasteiger partial charge in [-0.3, -0.25) is 0 Å². The Morgan fingerprint density at radius 1 is 0.667 bits per heavy atom. The Morgan fingerprint density at radius 2 is 1.11 bits per heavy atom. The third kappa shape index (κ3) is 12.5. The van der Waals surface area contributed by atoms with Gasteiger partial charge >= 0.3 is 0 Å². The highest BCUT2D eigenvalue weighted by atomic mass is 14.2. The Balaban J connectivity index is 3.16. The van der Waals surface area contributed by atoms with E-state index in [0.717, 1.165) is 6.42 Å². The van der Waals surface area contributed by atoms with Gasteiger partial charge in [-0.05, 0) is 18.3 Å². The summed E-state index contributed by atoms with van der Waals surface area (Å²) in [6.45, 7) is 11.0. The van der Waals surface area contributed by atoms with Crippen LogP contribution < -0.4 is 0 Å². The summed E-state index contributed by atoms with van der Waals surface area (Å²) in [5.74, 6) is 0. The van der Waals surface area contributed by atoms with E-state index in [4.69, 9.17) is 0 Å². The van der Waals surface area contributed by atoms with Gasteiger partial charge in [-0.15, -0.1) is 0 Å². The molecular formula is C18H37. The fourth-order valence-electron chi connectivity index (χ4n) is 2.69. The van der Waals surface area contributed by atoms with Crippen molar-refractivity contribution in [2.24, 2.45) is 5.41 Å². The van der Waals surface area contributed by atoms with Crippen LogP contribution in [-0.2, 0) is 0 Å². The predicted molar refractivity (Wildman–Crippen MR) is 84.8 cm³/mol. The molecule has 0 heteroatoms. The smallest absolute Gasteiger partial charge is 0.0354 e. The fourth-order valence-corrected chi connectivity index (χ4v) is 2.69. The molecule has 0 N–H and O–H groups in total. The van der Waals surface area contributed by atoms with E-state index in [1.807, 2.05) is 0 Å². The van der Waals surface area contributed by atoms with Crippen LogP contribution in [0.5, 0.6) is 0 Å². The van der Waals surface area contributed by atoms with E-state index >= 15 is 0 Å². The molecule has 0 aliphatic heterocycles. The predicted octanol–water partition coefficient (Wildman–Crippen LogP) is 6.94. The Bertz CT molecular complexity index is 157. The number of hydrogen-bond donors (Lipinski definition) is 0. The molecule has 0 aromatic heterocycles. The Labute approximate surface area is 117 Å². The molecule has 109 valence electrons. The lowest BCUT2D eigenvalue weighted by Crippen LogP contribution is -2.10. The molecule has 18 heavy (non-hydrogen) atoms. The molecule has 0 aliphatic rings. The first-order chi connectivity index (χ1) is 8.62. The van der Waals surface area contributed by atoms with Crippen molar-refractivity contribution in [1.29, 1.82) is 0 Å². The third-order valence-electron chi connectivity index (χ3n) is 4.06. The molecule has 0 saturated heterocycles. The standard InChI is InChI=1S/C18H37/c1-5-7-8-9-10-11-12-13-14-15-17-18(3,4)16-6-2/h2,5-17H2,1,3-4H3. The summed E-state index contributed by atoms with van der Waals surface area (Å²) in [4.78, 5) is 0. The SMILES string of the molecule is [CH2]CCC(C)(C)CCCCCCCCCCCC. The minimum Gasteiger partial charge on any atom is -0.0654 e. The first-order valence-electron chi connectivity index (χ1n) is 8.41. The van der Waals surface area contributed by atoms with Crippen LogP contribution in [0.3, 0.4) is 0 Å². The van der Waals surface area contributed by atoms with Crippen molar-refractivity contribution in [3.63, 3.8) is 0 Å². The van der Waals surface area contributed by atoms with Gasteiger partial charge in [0.05, 0.1) is 0 Å². The molecule has 0 nitrogen and oxygen atoms in total. The number of unbranched alkanes of at least 4 members (excludes halogenated alkanes) is 9. The average Bonchev–Trinajstić information content (AvgIpc) is 2.31. The van der Waals surface area contributed by atoms with Gasteiger partial charge in [-0.2, -0.15) is 0 Å². The molecule has 0 fully saturated rings. The van der Waals surface area contributed by atoms with E-state index in [9.17, 15) is 0 Å². The van der Waals surface area contributed by atoms with Crippen molar-refractivity contribution in [2.45, 2.75) is 104 Å².